The zero-order valence-electron chi connectivity index (χ0n) is 8.55. The first-order chi connectivity index (χ1) is 6.63. The molecule has 0 saturated heterocycles. The molecule has 0 amide bonds. The van der Waals surface area contributed by atoms with Crippen molar-refractivity contribution in [3.8, 4) is 5.75 Å². The highest BCUT2D eigenvalue weighted by Crippen LogP contribution is 2.12. The SMILES string of the molecule is CC(C)n1cc(OCC(O)CN)cn1. The molecule has 5 heteroatoms. The Hall–Kier alpha value is -1.07. The Morgan fingerprint density at radius 2 is 2.36 bits per heavy atom. The molecule has 0 aromatic carbocycles. The van der Waals surface area contributed by atoms with E-state index in [9.17, 15) is 0 Å². The van der Waals surface area contributed by atoms with Crippen molar-refractivity contribution in [2.75, 3.05) is 13.2 Å². The van der Waals surface area contributed by atoms with Crippen LogP contribution in [0.15, 0.2) is 12.4 Å². The number of aromatic nitrogens is 2. The van der Waals surface area contributed by atoms with Crippen LogP contribution in [0.3, 0.4) is 0 Å². The van der Waals surface area contributed by atoms with Gasteiger partial charge in [0.25, 0.3) is 0 Å². The van der Waals surface area contributed by atoms with Crippen molar-refractivity contribution in [2.24, 2.45) is 5.73 Å². The third-order valence-corrected chi connectivity index (χ3v) is 1.82. The van der Waals surface area contributed by atoms with E-state index in [1.165, 1.54) is 0 Å². The quantitative estimate of drug-likeness (QED) is 0.708. The number of nitrogens with zero attached hydrogens (tertiary/aromatic N) is 2. The Labute approximate surface area is 83.5 Å². The van der Waals surface area contributed by atoms with Crippen LogP contribution >= 0.6 is 0 Å². The summed E-state index contributed by atoms with van der Waals surface area (Å²) in [6.45, 7) is 4.48. The van der Waals surface area contributed by atoms with Crippen molar-refractivity contribution >= 4 is 0 Å². The summed E-state index contributed by atoms with van der Waals surface area (Å²) in [5.41, 5.74) is 5.24. The van der Waals surface area contributed by atoms with Gasteiger partial charge in [-0.25, -0.2) is 0 Å². The zero-order chi connectivity index (χ0) is 10.6. The van der Waals surface area contributed by atoms with Crippen LogP contribution in [-0.2, 0) is 0 Å². The molecule has 0 aliphatic carbocycles. The third kappa shape index (κ3) is 3.01. The summed E-state index contributed by atoms with van der Waals surface area (Å²) in [6, 6.07) is 0.312. The Morgan fingerprint density at radius 3 is 2.86 bits per heavy atom. The van der Waals surface area contributed by atoms with E-state index in [0.717, 1.165) is 0 Å². The van der Waals surface area contributed by atoms with Crippen molar-refractivity contribution in [1.82, 2.24) is 9.78 Å². The molecule has 3 N–H and O–H groups in total. The number of rotatable bonds is 5. The van der Waals surface area contributed by atoms with Gasteiger partial charge in [-0.3, -0.25) is 4.68 Å². The van der Waals surface area contributed by atoms with Crippen LogP contribution < -0.4 is 10.5 Å². The van der Waals surface area contributed by atoms with Gasteiger partial charge in [0, 0.05) is 12.6 Å². The molecule has 0 bridgehead atoms. The van der Waals surface area contributed by atoms with E-state index < -0.39 is 6.10 Å². The molecule has 0 fully saturated rings. The van der Waals surface area contributed by atoms with E-state index in [1.54, 1.807) is 17.1 Å². The van der Waals surface area contributed by atoms with E-state index in [-0.39, 0.29) is 13.2 Å². The lowest BCUT2D eigenvalue weighted by Crippen LogP contribution is -2.26. The van der Waals surface area contributed by atoms with E-state index in [4.69, 9.17) is 15.6 Å². The molecule has 1 aromatic heterocycles. The second-order valence-corrected chi connectivity index (χ2v) is 3.45. The van der Waals surface area contributed by atoms with Gasteiger partial charge in [0.05, 0.1) is 12.4 Å². The van der Waals surface area contributed by atoms with Gasteiger partial charge in [0.1, 0.15) is 12.7 Å². The Balaban J connectivity index is 2.44. The molecule has 80 valence electrons. The maximum absolute atomic E-state index is 9.16. The second-order valence-electron chi connectivity index (χ2n) is 3.45. The molecule has 14 heavy (non-hydrogen) atoms. The number of aliphatic hydroxyl groups excluding tert-OH is 1. The van der Waals surface area contributed by atoms with Crippen LogP contribution in [0.2, 0.25) is 0 Å². The predicted molar refractivity (Wildman–Crippen MR) is 53.2 cm³/mol. The van der Waals surface area contributed by atoms with Gasteiger partial charge in [-0.2, -0.15) is 5.10 Å². The highest BCUT2D eigenvalue weighted by atomic mass is 16.5. The van der Waals surface area contributed by atoms with Gasteiger partial charge < -0.3 is 15.6 Å². The highest BCUT2D eigenvalue weighted by Gasteiger charge is 2.05. The summed E-state index contributed by atoms with van der Waals surface area (Å²) in [6.07, 6.45) is 2.81. The molecular formula is C9H17N3O2. The molecular weight excluding hydrogens is 182 g/mol. The minimum atomic E-state index is -0.614. The minimum absolute atomic E-state index is 0.207. The van der Waals surface area contributed by atoms with Crippen LogP contribution in [0, 0.1) is 0 Å². The maximum Gasteiger partial charge on any atom is 0.157 e. The van der Waals surface area contributed by atoms with E-state index in [1.807, 2.05) is 13.8 Å². The van der Waals surface area contributed by atoms with Crippen molar-refractivity contribution in [3.63, 3.8) is 0 Å². The lowest BCUT2D eigenvalue weighted by atomic mass is 10.4. The lowest BCUT2D eigenvalue weighted by molar-refractivity contribution is 0.114. The smallest absolute Gasteiger partial charge is 0.157 e. The van der Waals surface area contributed by atoms with Crippen molar-refractivity contribution < 1.29 is 9.84 Å². The fourth-order valence-electron chi connectivity index (χ4n) is 0.938. The first-order valence-electron chi connectivity index (χ1n) is 4.68. The van der Waals surface area contributed by atoms with Crippen LogP contribution in [0.1, 0.15) is 19.9 Å². The maximum atomic E-state index is 9.16. The van der Waals surface area contributed by atoms with Crippen molar-refractivity contribution in [1.29, 1.82) is 0 Å². The molecule has 5 nitrogen and oxygen atoms in total. The van der Waals surface area contributed by atoms with Gasteiger partial charge >= 0.3 is 0 Å². The van der Waals surface area contributed by atoms with Crippen molar-refractivity contribution in [3.05, 3.63) is 12.4 Å². The van der Waals surface area contributed by atoms with E-state index in [2.05, 4.69) is 5.10 Å². The summed E-state index contributed by atoms with van der Waals surface area (Å²) >= 11 is 0. The minimum Gasteiger partial charge on any atom is -0.488 e. The summed E-state index contributed by atoms with van der Waals surface area (Å²) in [4.78, 5) is 0. The number of aliphatic hydroxyl groups is 1. The largest absolute Gasteiger partial charge is 0.488 e. The first kappa shape index (κ1) is 11.0. The van der Waals surface area contributed by atoms with Gasteiger partial charge in [-0.1, -0.05) is 0 Å². The third-order valence-electron chi connectivity index (χ3n) is 1.82. The summed E-state index contributed by atoms with van der Waals surface area (Å²) in [5.74, 6) is 0.659. The number of ether oxygens (including phenoxy) is 1. The van der Waals surface area contributed by atoms with Crippen LogP contribution in [0.4, 0.5) is 0 Å². The molecule has 1 rings (SSSR count). The highest BCUT2D eigenvalue weighted by molar-refractivity contribution is 5.12. The second kappa shape index (κ2) is 4.97. The molecule has 0 spiro atoms. The average molecular weight is 199 g/mol. The molecule has 1 heterocycles. The molecule has 0 radical (unpaired) electrons. The average Bonchev–Trinajstić information content (AvgIpc) is 2.62. The summed E-state index contributed by atoms with van der Waals surface area (Å²) in [5, 5.41) is 13.3. The predicted octanol–water partition coefficient (Wildman–Crippen LogP) is 0.162. The fraction of sp³-hybridized carbons (Fsp3) is 0.667. The molecule has 0 aliphatic rings. The van der Waals surface area contributed by atoms with Gasteiger partial charge in [-0.15, -0.1) is 0 Å². The van der Waals surface area contributed by atoms with Gasteiger partial charge in [0.15, 0.2) is 5.75 Å². The van der Waals surface area contributed by atoms with E-state index >= 15 is 0 Å². The van der Waals surface area contributed by atoms with Crippen LogP contribution in [0.25, 0.3) is 0 Å². The normalized spacial score (nSPS) is 13.2. The van der Waals surface area contributed by atoms with E-state index in [0.29, 0.717) is 11.8 Å². The first-order valence-corrected chi connectivity index (χ1v) is 4.68. The number of hydrogen-bond donors (Lipinski definition) is 2. The topological polar surface area (TPSA) is 73.3 Å². The summed E-state index contributed by atoms with van der Waals surface area (Å²) in [7, 11) is 0. The lowest BCUT2D eigenvalue weighted by Gasteiger charge is -2.08. The number of nitrogens with two attached hydrogens (primary N) is 1. The van der Waals surface area contributed by atoms with Crippen molar-refractivity contribution in [2.45, 2.75) is 26.0 Å². The Bertz CT molecular complexity index is 273. The molecule has 1 atom stereocenters. The molecule has 1 unspecified atom stereocenters. The number of hydrogen-bond acceptors (Lipinski definition) is 4. The fourth-order valence-corrected chi connectivity index (χ4v) is 0.938. The molecule has 1 aromatic rings. The Morgan fingerprint density at radius 1 is 1.64 bits per heavy atom. The standard InChI is InChI=1S/C9H17N3O2/c1-7(2)12-5-9(4-11-12)14-6-8(13)3-10/h4-5,7-8,13H,3,6,10H2,1-2H3. The Kier molecular flexibility index (Phi) is 3.91. The summed E-state index contributed by atoms with van der Waals surface area (Å²) < 4.78 is 7.07. The van der Waals surface area contributed by atoms with Gasteiger partial charge in [0.2, 0.25) is 0 Å². The van der Waals surface area contributed by atoms with Gasteiger partial charge in [-0.05, 0) is 13.8 Å². The zero-order valence-corrected chi connectivity index (χ0v) is 8.55. The van der Waals surface area contributed by atoms with Crippen LogP contribution in [-0.4, -0.2) is 34.1 Å². The monoisotopic (exact) mass is 199 g/mol. The molecule has 0 aliphatic heterocycles. The molecule has 0 saturated carbocycles. The van der Waals surface area contributed by atoms with Crippen LogP contribution in [0.5, 0.6) is 5.75 Å².